The van der Waals surface area contributed by atoms with E-state index in [1.807, 2.05) is 0 Å². The Hall–Kier alpha value is -1.60. The predicted octanol–water partition coefficient (Wildman–Crippen LogP) is 4.80. The van der Waals surface area contributed by atoms with E-state index >= 15 is 0 Å². The molecular formula is C21H27N. The molecule has 1 nitrogen and oxygen atoms in total. The van der Waals surface area contributed by atoms with Gasteiger partial charge in [0.05, 0.1) is 0 Å². The van der Waals surface area contributed by atoms with Crippen LogP contribution in [0, 0.1) is 11.8 Å². The van der Waals surface area contributed by atoms with E-state index < -0.39 is 0 Å². The zero-order valence-electron chi connectivity index (χ0n) is 13.8. The first-order chi connectivity index (χ1) is 10.7. The summed E-state index contributed by atoms with van der Waals surface area (Å²) < 4.78 is 0. The maximum Gasteiger partial charge on any atom is 0.0130 e. The highest BCUT2D eigenvalue weighted by atomic mass is 15.1. The summed E-state index contributed by atoms with van der Waals surface area (Å²) in [5.41, 5.74) is 2.93. The summed E-state index contributed by atoms with van der Waals surface area (Å²) in [6.07, 6.45) is 1.31. The molecule has 1 saturated heterocycles. The average Bonchev–Trinajstić information content (AvgIpc) is 2.97. The maximum atomic E-state index is 2.65. The molecule has 2 aromatic rings. The molecule has 22 heavy (non-hydrogen) atoms. The lowest BCUT2D eigenvalue weighted by Crippen LogP contribution is -2.26. The predicted molar refractivity (Wildman–Crippen MR) is 94.1 cm³/mol. The number of benzene rings is 2. The van der Waals surface area contributed by atoms with Crippen molar-refractivity contribution in [2.45, 2.75) is 26.2 Å². The molecule has 1 aliphatic heterocycles. The molecule has 2 aromatic carbocycles. The summed E-state index contributed by atoms with van der Waals surface area (Å²) in [5, 5.41) is 0. The van der Waals surface area contributed by atoms with Gasteiger partial charge in [0.25, 0.3) is 0 Å². The Bertz CT molecular complexity index is 521. The standard InChI is InChI=1S/C21H27N/c1-17(2)15-22-14-13-20(16-22)21(18-9-5-3-6-10-18)19-11-7-4-8-12-19/h3-12,17,20-21H,13-16H2,1-2H3. The summed E-state index contributed by atoms with van der Waals surface area (Å²) in [6.45, 7) is 8.34. The summed E-state index contributed by atoms with van der Waals surface area (Å²) in [6, 6.07) is 22.1. The molecule has 0 amide bonds. The first kappa shape index (κ1) is 15.3. The van der Waals surface area contributed by atoms with Crippen molar-refractivity contribution >= 4 is 0 Å². The van der Waals surface area contributed by atoms with E-state index in [0.29, 0.717) is 5.92 Å². The van der Waals surface area contributed by atoms with E-state index in [4.69, 9.17) is 0 Å². The molecule has 0 aliphatic carbocycles. The van der Waals surface area contributed by atoms with Crippen molar-refractivity contribution in [2.75, 3.05) is 19.6 Å². The smallest absolute Gasteiger partial charge is 0.0130 e. The minimum atomic E-state index is 0.527. The van der Waals surface area contributed by atoms with Gasteiger partial charge in [-0.3, -0.25) is 0 Å². The molecule has 1 aliphatic rings. The van der Waals surface area contributed by atoms with Crippen LogP contribution in [0.5, 0.6) is 0 Å². The van der Waals surface area contributed by atoms with Crippen LogP contribution >= 0.6 is 0 Å². The summed E-state index contributed by atoms with van der Waals surface area (Å²) in [4.78, 5) is 2.65. The highest BCUT2D eigenvalue weighted by molar-refractivity contribution is 5.33. The second kappa shape index (κ2) is 7.11. The van der Waals surface area contributed by atoms with Gasteiger partial charge in [0.1, 0.15) is 0 Å². The molecule has 0 radical (unpaired) electrons. The second-order valence-electron chi connectivity index (χ2n) is 7.00. The van der Waals surface area contributed by atoms with E-state index in [2.05, 4.69) is 79.4 Å². The zero-order valence-corrected chi connectivity index (χ0v) is 13.8. The van der Waals surface area contributed by atoms with Crippen molar-refractivity contribution in [1.29, 1.82) is 0 Å². The quantitative estimate of drug-likeness (QED) is 0.765. The van der Waals surface area contributed by atoms with Crippen LogP contribution in [0.1, 0.15) is 37.3 Å². The van der Waals surface area contributed by atoms with Gasteiger partial charge in [0.15, 0.2) is 0 Å². The van der Waals surface area contributed by atoms with Crippen molar-refractivity contribution in [3.05, 3.63) is 71.8 Å². The number of nitrogens with zero attached hydrogens (tertiary/aromatic N) is 1. The topological polar surface area (TPSA) is 3.24 Å². The van der Waals surface area contributed by atoms with Crippen molar-refractivity contribution in [1.82, 2.24) is 4.90 Å². The van der Waals surface area contributed by atoms with Crippen LogP contribution < -0.4 is 0 Å². The minimum Gasteiger partial charge on any atom is -0.303 e. The van der Waals surface area contributed by atoms with Gasteiger partial charge in [0.2, 0.25) is 0 Å². The molecular weight excluding hydrogens is 266 g/mol. The van der Waals surface area contributed by atoms with Gasteiger partial charge in [-0.2, -0.15) is 0 Å². The Morgan fingerprint density at radius 3 is 1.95 bits per heavy atom. The van der Waals surface area contributed by atoms with Crippen molar-refractivity contribution < 1.29 is 0 Å². The molecule has 0 bridgehead atoms. The number of hydrogen-bond donors (Lipinski definition) is 0. The Morgan fingerprint density at radius 2 is 1.45 bits per heavy atom. The lowest BCUT2D eigenvalue weighted by Gasteiger charge is -2.26. The van der Waals surface area contributed by atoms with Crippen molar-refractivity contribution in [2.24, 2.45) is 11.8 Å². The number of hydrogen-bond acceptors (Lipinski definition) is 1. The summed E-state index contributed by atoms with van der Waals surface area (Å²) in [5.74, 6) is 2.01. The Labute approximate surface area is 135 Å². The fraction of sp³-hybridized carbons (Fsp3) is 0.429. The first-order valence-electron chi connectivity index (χ1n) is 8.56. The lowest BCUT2D eigenvalue weighted by atomic mass is 9.80. The molecule has 3 rings (SSSR count). The lowest BCUT2D eigenvalue weighted by molar-refractivity contribution is 0.283. The van der Waals surface area contributed by atoms with E-state index in [-0.39, 0.29) is 0 Å². The molecule has 1 atom stereocenters. The van der Waals surface area contributed by atoms with Crippen LogP contribution in [0.15, 0.2) is 60.7 Å². The highest BCUT2D eigenvalue weighted by Crippen LogP contribution is 2.37. The van der Waals surface area contributed by atoms with Crippen LogP contribution in [0.2, 0.25) is 0 Å². The summed E-state index contributed by atoms with van der Waals surface area (Å²) in [7, 11) is 0. The molecule has 116 valence electrons. The fourth-order valence-electron chi connectivity index (χ4n) is 3.87. The van der Waals surface area contributed by atoms with Crippen LogP contribution in [0.25, 0.3) is 0 Å². The third-order valence-electron chi connectivity index (χ3n) is 4.72. The van der Waals surface area contributed by atoms with Crippen LogP contribution in [-0.4, -0.2) is 24.5 Å². The maximum absolute atomic E-state index is 2.65. The van der Waals surface area contributed by atoms with Gasteiger partial charge in [0, 0.05) is 19.0 Å². The summed E-state index contributed by atoms with van der Waals surface area (Å²) >= 11 is 0. The van der Waals surface area contributed by atoms with Gasteiger partial charge < -0.3 is 4.90 Å². The van der Waals surface area contributed by atoms with E-state index in [1.165, 1.54) is 37.2 Å². The molecule has 1 heterocycles. The fourth-order valence-corrected chi connectivity index (χ4v) is 3.87. The largest absolute Gasteiger partial charge is 0.303 e. The molecule has 0 N–H and O–H groups in total. The third kappa shape index (κ3) is 3.59. The second-order valence-corrected chi connectivity index (χ2v) is 7.00. The molecule has 1 heteroatoms. The zero-order chi connectivity index (χ0) is 15.4. The van der Waals surface area contributed by atoms with Crippen LogP contribution in [-0.2, 0) is 0 Å². The molecule has 1 unspecified atom stereocenters. The van der Waals surface area contributed by atoms with Gasteiger partial charge in [-0.25, -0.2) is 0 Å². The molecule has 1 fully saturated rings. The number of rotatable bonds is 5. The van der Waals surface area contributed by atoms with Crippen LogP contribution in [0.4, 0.5) is 0 Å². The van der Waals surface area contributed by atoms with Gasteiger partial charge in [-0.05, 0) is 35.9 Å². The van der Waals surface area contributed by atoms with Gasteiger partial charge in [-0.15, -0.1) is 0 Å². The van der Waals surface area contributed by atoms with Crippen molar-refractivity contribution in [3.8, 4) is 0 Å². The SMILES string of the molecule is CC(C)CN1CCC(C(c2ccccc2)c2ccccc2)C1. The Balaban J connectivity index is 1.84. The Morgan fingerprint density at radius 1 is 0.909 bits per heavy atom. The Kier molecular flexibility index (Phi) is 4.94. The van der Waals surface area contributed by atoms with Crippen LogP contribution in [0.3, 0.4) is 0 Å². The van der Waals surface area contributed by atoms with E-state index in [0.717, 1.165) is 11.8 Å². The first-order valence-corrected chi connectivity index (χ1v) is 8.56. The highest BCUT2D eigenvalue weighted by Gasteiger charge is 2.31. The number of likely N-dealkylation sites (tertiary alicyclic amines) is 1. The van der Waals surface area contributed by atoms with Gasteiger partial charge in [-0.1, -0.05) is 74.5 Å². The van der Waals surface area contributed by atoms with E-state index in [9.17, 15) is 0 Å². The normalized spacial score (nSPS) is 19.2. The molecule has 0 spiro atoms. The van der Waals surface area contributed by atoms with Crippen molar-refractivity contribution in [3.63, 3.8) is 0 Å². The molecule has 0 aromatic heterocycles. The minimum absolute atomic E-state index is 0.527. The molecule has 0 saturated carbocycles. The van der Waals surface area contributed by atoms with E-state index in [1.54, 1.807) is 0 Å². The van der Waals surface area contributed by atoms with Gasteiger partial charge >= 0.3 is 0 Å². The monoisotopic (exact) mass is 293 g/mol. The third-order valence-corrected chi connectivity index (χ3v) is 4.72. The average molecular weight is 293 g/mol.